The Kier molecular flexibility index (Phi) is 1.88. The molecule has 0 aromatic heterocycles. The molecular formula is C11H14FN. The van der Waals surface area contributed by atoms with Crippen LogP contribution in [-0.2, 0) is 11.8 Å². The topological polar surface area (TPSA) is 26.0 Å². The van der Waals surface area contributed by atoms with E-state index in [1.165, 1.54) is 11.6 Å². The van der Waals surface area contributed by atoms with Crippen LogP contribution in [0.2, 0.25) is 0 Å². The number of hydrogen-bond acceptors (Lipinski definition) is 1. The lowest BCUT2D eigenvalue weighted by atomic mass is 9.84. The van der Waals surface area contributed by atoms with Crippen molar-refractivity contribution in [1.29, 1.82) is 0 Å². The zero-order chi connectivity index (χ0) is 9.47. The third-order valence-electron chi connectivity index (χ3n) is 3.11. The fourth-order valence-corrected chi connectivity index (χ4v) is 2.12. The van der Waals surface area contributed by atoms with Gasteiger partial charge in [-0.15, -0.1) is 0 Å². The van der Waals surface area contributed by atoms with Gasteiger partial charge in [-0.3, -0.25) is 0 Å². The van der Waals surface area contributed by atoms with E-state index in [-0.39, 0.29) is 11.2 Å². The summed E-state index contributed by atoms with van der Waals surface area (Å²) in [4.78, 5) is 0. The summed E-state index contributed by atoms with van der Waals surface area (Å²) >= 11 is 0. The van der Waals surface area contributed by atoms with Gasteiger partial charge >= 0.3 is 0 Å². The molecule has 2 N–H and O–H groups in total. The number of benzene rings is 1. The maximum absolute atomic E-state index is 12.9. The first-order chi connectivity index (χ1) is 6.15. The molecule has 1 aliphatic carbocycles. The molecule has 1 aromatic carbocycles. The first-order valence-corrected chi connectivity index (χ1v) is 4.65. The van der Waals surface area contributed by atoms with E-state index in [0.717, 1.165) is 18.4 Å². The molecule has 0 aliphatic heterocycles. The molecule has 1 unspecified atom stereocenters. The highest BCUT2D eigenvalue weighted by atomic mass is 19.1. The molecular weight excluding hydrogens is 165 g/mol. The van der Waals surface area contributed by atoms with Crippen LogP contribution >= 0.6 is 0 Å². The SMILES string of the molecule is CC1(CN)CCc2cc(F)ccc21. The van der Waals surface area contributed by atoms with Gasteiger partial charge in [0.25, 0.3) is 0 Å². The summed E-state index contributed by atoms with van der Waals surface area (Å²) in [5.41, 5.74) is 8.16. The van der Waals surface area contributed by atoms with Crippen LogP contribution in [0.3, 0.4) is 0 Å². The number of rotatable bonds is 1. The Balaban J connectivity index is 2.49. The summed E-state index contributed by atoms with van der Waals surface area (Å²) < 4.78 is 12.9. The summed E-state index contributed by atoms with van der Waals surface area (Å²) in [5, 5.41) is 0. The summed E-state index contributed by atoms with van der Waals surface area (Å²) in [6.07, 6.45) is 2.00. The minimum absolute atomic E-state index is 0.0725. The lowest BCUT2D eigenvalue weighted by Gasteiger charge is -2.22. The van der Waals surface area contributed by atoms with Gasteiger partial charge in [0.05, 0.1) is 0 Å². The number of hydrogen-bond donors (Lipinski definition) is 1. The second-order valence-corrected chi connectivity index (χ2v) is 4.07. The van der Waals surface area contributed by atoms with Crippen LogP contribution in [0, 0.1) is 5.82 Å². The van der Waals surface area contributed by atoms with E-state index in [1.54, 1.807) is 6.07 Å². The number of fused-ring (bicyclic) bond motifs is 1. The molecule has 2 rings (SSSR count). The van der Waals surface area contributed by atoms with E-state index in [2.05, 4.69) is 6.92 Å². The van der Waals surface area contributed by atoms with Gasteiger partial charge in [0.1, 0.15) is 5.82 Å². The Hall–Kier alpha value is -0.890. The Morgan fingerprint density at radius 3 is 3.00 bits per heavy atom. The molecule has 0 amide bonds. The van der Waals surface area contributed by atoms with Crippen LogP contribution in [0.25, 0.3) is 0 Å². The third-order valence-corrected chi connectivity index (χ3v) is 3.11. The average Bonchev–Trinajstić information content (AvgIpc) is 2.45. The fourth-order valence-electron chi connectivity index (χ4n) is 2.12. The van der Waals surface area contributed by atoms with Crippen LogP contribution in [0.1, 0.15) is 24.5 Å². The van der Waals surface area contributed by atoms with Gasteiger partial charge < -0.3 is 5.73 Å². The molecule has 1 aliphatic rings. The van der Waals surface area contributed by atoms with Crippen molar-refractivity contribution < 1.29 is 4.39 Å². The molecule has 0 saturated carbocycles. The Labute approximate surface area is 77.8 Å². The highest BCUT2D eigenvalue weighted by Gasteiger charge is 2.32. The molecule has 0 bridgehead atoms. The van der Waals surface area contributed by atoms with Gasteiger partial charge in [-0.05, 0) is 36.1 Å². The molecule has 0 radical (unpaired) electrons. The average molecular weight is 179 g/mol. The lowest BCUT2D eigenvalue weighted by molar-refractivity contribution is 0.481. The standard InChI is InChI=1S/C11H14FN/c1-11(7-13)5-4-8-6-9(12)2-3-10(8)11/h2-3,6H,4-5,7,13H2,1H3. The second kappa shape index (κ2) is 2.81. The monoisotopic (exact) mass is 179 g/mol. The van der Waals surface area contributed by atoms with E-state index in [1.807, 2.05) is 6.07 Å². The normalized spacial score (nSPS) is 26.1. The molecule has 13 heavy (non-hydrogen) atoms. The van der Waals surface area contributed by atoms with Gasteiger partial charge in [0.2, 0.25) is 0 Å². The lowest BCUT2D eigenvalue weighted by Crippen LogP contribution is -2.28. The van der Waals surface area contributed by atoms with Crippen molar-refractivity contribution in [3.05, 3.63) is 35.1 Å². The summed E-state index contributed by atoms with van der Waals surface area (Å²) in [6.45, 7) is 2.79. The summed E-state index contributed by atoms with van der Waals surface area (Å²) in [6, 6.07) is 5.04. The van der Waals surface area contributed by atoms with Crippen molar-refractivity contribution >= 4 is 0 Å². The second-order valence-electron chi connectivity index (χ2n) is 4.07. The number of halogens is 1. The summed E-state index contributed by atoms with van der Waals surface area (Å²) in [7, 11) is 0. The molecule has 70 valence electrons. The zero-order valence-electron chi connectivity index (χ0n) is 7.81. The van der Waals surface area contributed by atoms with E-state index < -0.39 is 0 Å². The van der Waals surface area contributed by atoms with E-state index in [4.69, 9.17) is 5.73 Å². The van der Waals surface area contributed by atoms with Crippen molar-refractivity contribution in [2.24, 2.45) is 5.73 Å². The van der Waals surface area contributed by atoms with Crippen LogP contribution in [0.4, 0.5) is 4.39 Å². The third kappa shape index (κ3) is 1.25. The molecule has 0 spiro atoms. The summed E-state index contributed by atoms with van der Waals surface area (Å²) in [5.74, 6) is -0.139. The maximum Gasteiger partial charge on any atom is 0.123 e. The van der Waals surface area contributed by atoms with Gasteiger partial charge in [0, 0.05) is 12.0 Å². The van der Waals surface area contributed by atoms with Crippen LogP contribution < -0.4 is 5.73 Å². The van der Waals surface area contributed by atoms with Crippen molar-refractivity contribution in [2.45, 2.75) is 25.2 Å². The van der Waals surface area contributed by atoms with Crippen molar-refractivity contribution in [3.8, 4) is 0 Å². The zero-order valence-corrected chi connectivity index (χ0v) is 7.81. The molecule has 1 aromatic rings. The molecule has 0 heterocycles. The predicted molar refractivity (Wildman–Crippen MR) is 51.1 cm³/mol. The van der Waals surface area contributed by atoms with Gasteiger partial charge in [-0.1, -0.05) is 13.0 Å². The quantitative estimate of drug-likeness (QED) is 0.701. The molecule has 0 saturated heterocycles. The van der Waals surface area contributed by atoms with E-state index in [0.29, 0.717) is 6.54 Å². The molecule has 1 atom stereocenters. The smallest absolute Gasteiger partial charge is 0.123 e. The molecule has 2 heteroatoms. The molecule has 0 fully saturated rings. The van der Waals surface area contributed by atoms with Gasteiger partial charge in [-0.2, -0.15) is 0 Å². The predicted octanol–water partition coefficient (Wildman–Crippen LogP) is 1.99. The van der Waals surface area contributed by atoms with E-state index >= 15 is 0 Å². The fraction of sp³-hybridized carbons (Fsp3) is 0.455. The Bertz CT molecular complexity index is 335. The largest absolute Gasteiger partial charge is 0.330 e. The van der Waals surface area contributed by atoms with Gasteiger partial charge in [0.15, 0.2) is 0 Å². The van der Waals surface area contributed by atoms with Crippen molar-refractivity contribution in [3.63, 3.8) is 0 Å². The van der Waals surface area contributed by atoms with Gasteiger partial charge in [-0.25, -0.2) is 4.39 Å². The number of nitrogens with two attached hydrogens (primary N) is 1. The maximum atomic E-state index is 12.9. The first-order valence-electron chi connectivity index (χ1n) is 4.65. The van der Waals surface area contributed by atoms with Crippen molar-refractivity contribution in [2.75, 3.05) is 6.54 Å². The first kappa shape index (κ1) is 8.70. The van der Waals surface area contributed by atoms with Crippen LogP contribution in [0.15, 0.2) is 18.2 Å². The Morgan fingerprint density at radius 2 is 2.31 bits per heavy atom. The minimum Gasteiger partial charge on any atom is -0.330 e. The van der Waals surface area contributed by atoms with Crippen LogP contribution in [0.5, 0.6) is 0 Å². The minimum atomic E-state index is -0.139. The highest BCUT2D eigenvalue weighted by molar-refractivity contribution is 5.39. The highest BCUT2D eigenvalue weighted by Crippen LogP contribution is 2.37. The number of aryl methyl sites for hydroxylation is 1. The Morgan fingerprint density at radius 1 is 1.54 bits per heavy atom. The van der Waals surface area contributed by atoms with E-state index in [9.17, 15) is 4.39 Å². The van der Waals surface area contributed by atoms with Crippen LogP contribution in [-0.4, -0.2) is 6.54 Å². The molecule has 1 nitrogen and oxygen atoms in total. The van der Waals surface area contributed by atoms with Crippen molar-refractivity contribution in [1.82, 2.24) is 0 Å².